The average Bonchev–Trinajstić information content (AvgIpc) is 3.59. The summed E-state index contributed by atoms with van der Waals surface area (Å²) in [6.07, 6.45) is 2.85. The Bertz CT molecular complexity index is 1330. The Morgan fingerprint density at radius 2 is 2.09 bits per heavy atom. The zero-order valence-corrected chi connectivity index (χ0v) is 18.1. The Kier molecular flexibility index (Phi) is 6.47. The van der Waals surface area contributed by atoms with E-state index in [4.69, 9.17) is 9.15 Å². The van der Waals surface area contributed by atoms with Crippen LogP contribution in [0, 0.1) is 18.3 Å². The number of furan rings is 1. The maximum atomic E-state index is 13.0. The fourth-order valence-corrected chi connectivity index (χ4v) is 3.76. The maximum absolute atomic E-state index is 13.0. The third-order valence-corrected chi connectivity index (χ3v) is 5.47. The van der Waals surface area contributed by atoms with Crippen molar-refractivity contribution >= 4 is 34.9 Å². The van der Waals surface area contributed by atoms with E-state index in [0.717, 1.165) is 0 Å². The standard InChI is InChI=1S/C22H16N6O4S/c1-14-13-33-21(24-14)17(11-23)19(29)12-32-22(30)18(10-16-8-5-9-31-16)28-20(25-26-27-28)15-6-3-2-4-7-15/h2-10,13,17H,12H2,1H3/b18-10-. The first-order valence-corrected chi connectivity index (χ1v) is 10.6. The van der Waals surface area contributed by atoms with Gasteiger partial charge in [-0.05, 0) is 29.5 Å². The monoisotopic (exact) mass is 460 g/mol. The molecule has 33 heavy (non-hydrogen) atoms. The van der Waals surface area contributed by atoms with Crippen molar-refractivity contribution < 1.29 is 18.7 Å². The Labute approximate surface area is 191 Å². The van der Waals surface area contributed by atoms with Crippen molar-refractivity contribution in [2.45, 2.75) is 12.8 Å². The highest BCUT2D eigenvalue weighted by Gasteiger charge is 2.27. The van der Waals surface area contributed by atoms with Crippen molar-refractivity contribution in [3.63, 3.8) is 0 Å². The lowest BCUT2D eigenvalue weighted by atomic mass is 10.1. The van der Waals surface area contributed by atoms with Gasteiger partial charge >= 0.3 is 5.97 Å². The van der Waals surface area contributed by atoms with Gasteiger partial charge in [-0.2, -0.15) is 9.94 Å². The number of esters is 1. The fourth-order valence-electron chi connectivity index (χ4n) is 2.89. The molecule has 0 saturated heterocycles. The van der Waals surface area contributed by atoms with Crippen LogP contribution in [0.2, 0.25) is 0 Å². The fraction of sp³-hybridized carbons (Fsp3) is 0.136. The number of carbonyl (C=O) groups excluding carboxylic acids is 2. The number of ether oxygens (including phenoxy) is 1. The highest BCUT2D eigenvalue weighted by Crippen LogP contribution is 2.23. The molecule has 0 fully saturated rings. The lowest BCUT2D eigenvalue weighted by Gasteiger charge is -2.10. The number of nitriles is 1. The average molecular weight is 460 g/mol. The van der Waals surface area contributed by atoms with E-state index in [-0.39, 0.29) is 5.70 Å². The quantitative estimate of drug-likeness (QED) is 0.287. The number of tetrazole rings is 1. The smallest absolute Gasteiger partial charge is 0.357 e. The van der Waals surface area contributed by atoms with Crippen LogP contribution in [-0.2, 0) is 14.3 Å². The maximum Gasteiger partial charge on any atom is 0.357 e. The molecule has 11 heteroatoms. The van der Waals surface area contributed by atoms with Gasteiger partial charge in [0.1, 0.15) is 10.8 Å². The summed E-state index contributed by atoms with van der Waals surface area (Å²) < 4.78 is 11.8. The van der Waals surface area contributed by atoms with E-state index in [1.54, 1.807) is 36.6 Å². The number of benzene rings is 1. The first-order chi connectivity index (χ1) is 16.1. The molecule has 0 saturated carbocycles. The van der Waals surface area contributed by atoms with Crippen molar-refractivity contribution in [1.82, 2.24) is 25.2 Å². The highest BCUT2D eigenvalue weighted by molar-refractivity contribution is 7.09. The van der Waals surface area contributed by atoms with E-state index < -0.39 is 24.3 Å². The molecule has 0 aliphatic rings. The highest BCUT2D eigenvalue weighted by atomic mass is 32.1. The summed E-state index contributed by atoms with van der Waals surface area (Å²) in [4.78, 5) is 29.8. The minimum atomic E-state index is -1.12. The number of ketones is 1. The number of carbonyl (C=O) groups is 2. The lowest BCUT2D eigenvalue weighted by molar-refractivity contribution is -0.142. The zero-order valence-electron chi connectivity index (χ0n) is 17.3. The summed E-state index contributed by atoms with van der Waals surface area (Å²) in [5, 5.41) is 23.1. The number of aromatic nitrogens is 5. The molecule has 10 nitrogen and oxygen atoms in total. The van der Waals surface area contributed by atoms with Crippen LogP contribution in [0.5, 0.6) is 0 Å². The minimum absolute atomic E-state index is 0.0693. The van der Waals surface area contributed by atoms with Gasteiger partial charge in [0.2, 0.25) is 0 Å². The molecule has 1 aromatic carbocycles. The number of hydrogen-bond acceptors (Lipinski definition) is 10. The Morgan fingerprint density at radius 1 is 1.27 bits per heavy atom. The Hall–Kier alpha value is -4.43. The first kappa shape index (κ1) is 21.8. The van der Waals surface area contributed by atoms with Gasteiger partial charge in [-0.3, -0.25) is 4.79 Å². The van der Waals surface area contributed by atoms with Crippen molar-refractivity contribution in [1.29, 1.82) is 5.26 Å². The van der Waals surface area contributed by atoms with Gasteiger partial charge in [0.15, 0.2) is 29.8 Å². The third-order valence-electron chi connectivity index (χ3n) is 4.44. The van der Waals surface area contributed by atoms with Gasteiger partial charge < -0.3 is 9.15 Å². The van der Waals surface area contributed by atoms with E-state index in [1.165, 1.54) is 28.4 Å². The summed E-state index contributed by atoms with van der Waals surface area (Å²) in [7, 11) is 0. The molecule has 0 aliphatic carbocycles. The van der Waals surface area contributed by atoms with E-state index in [1.807, 2.05) is 24.3 Å². The number of thiazole rings is 1. The molecule has 4 aromatic rings. The van der Waals surface area contributed by atoms with Gasteiger partial charge in [-0.15, -0.1) is 16.4 Å². The van der Waals surface area contributed by atoms with E-state index in [2.05, 4.69) is 20.5 Å². The minimum Gasteiger partial charge on any atom is -0.465 e. The number of Topliss-reactive ketones (excluding diaryl/α,β-unsaturated/α-hetero) is 1. The van der Waals surface area contributed by atoms with Crippen LogP contribution in [0.15, 0.2) is 58.5 Å². The van der Waals surface area contributed by atoms with Crippen LogP contribution in [0.4, 0.5) is 0 Å². The largest absolute Gasteiger partial charge is 0.465 e. The van der Waals surface area contributed by atoms with E-state index in [0.29, 0.717) is 27.8 Å². The molecular weight excluding hydrogens is 444 g/mol. The molecule has 0 radical (unpaired) electrons. The Balaban J connectivity index is 1.59. The van der Waals surface area contributed by atoms with Crippen LogP contribution in [0.25, 0.3) is 23.2 Å². The number of nitrogens with zero attached hydrogens (tertiary/aromatic N) is 6. The van der Waals surface area contributed by atoms with Crippen LogP contribution >= 0.6 is 11.3 Å². The number of aryl methyl sites for hydroxylation is 1. The molecular formula is C22H16N6O4S. The van der Waals surface area contributed by atoms with Gasteiger partial charge in [0.05, 0.1) is 12.3 Å². The van der Waals surface area contributed by atoms with E-state index in [9.17, 15) is 14.9 Å². The van der Waals surface area contributed by atoms with Crippen molar-refractivity contribution in [2.24, 2.45) is 0 Å². The molecule has 3 heterocycles. The predicted molar refractivity (Wildman–Crippen MR) is 117 cm³/mol. The van der Waals surface area contributed by atoms with Crippen molar-refractivity contribution in [3.8, 4) is 17.5 Å². The second-order valence-corrected chi connectivity index (χ2v) is 7.65. The predicted octanol–water partition coefficient (Wildman–Crippen LogP) is 3.12. The third kappa shape index (κ3) is 4.91. The molecule has 0 bridgehead atoms. The zero-order chi connectivity index (χ0) is 23.2. The molecule has 4 rings (SSSR count). The molecule has 0 N–H and O–H groups in total. The topological polar surface area (TPSA) is 137 Å². The molecule has 0 amide bonds. The van der Waals surface area contributed by atoms with Crippen LogP contribution < -0.4 is 0 Å². The normalized spacial score (nSPS) is 12.2. The first-order valence-electron chi connectivity index (χ1n) is 9.67. The Morgan fingerprint density at radius 3 is 2.76 bits per heavy atom. The second-order valence-electron chi connectivity index (χ2n) is 6.76. The molecule has 1 atom stereocenters. The van der Waals surface area contributed by atoms with Gasteiger partial charge in [-0.25, -0.2) is 9.78 Å². The van der Waals surface area contributed by atoms with Gasteiger partial charge in [0.25, 0.3) is 0 Å². The second kappa shape index (κ2) is 9.80. The molecule has 3 aromatic heterocycles. The summed E-state index contributed by atoms with van der Waals surface area (Å²) in [6, 6.07) is 14.2. The summed E-state index contributed by atoms with van der Waals surface area (Å²) in [5.41, 5.74) is 1.30. The SMILES string of the molecule is Cc1csc(C(C#N)C(=O)COC(=O)/C(=C/c2ccco2)n2nnnc2-c2ccccc2)n1. The summed E-state index contributed by atoms with van der Waals surface area (Å²) in [6.45, 7) is 1.15. The lowest BCUT2D eigenvalue weighted by Crippen LogP contribution is -2.22. The molecule has 1 unspecified atom stereocenters. The van der Waals surface area contributed by atoms with Crippen LogP contribution in [-0.4, -0.2) is 43.6 Å². The molecule has 164 valence electrons. The molecule has 0 spiro atoms. The number of rotatable bonds is 8. The van der Waals surface area contributed by atoms with Crippen molar-refractivity contribution in [3.05, 3.63) is 70.6 Å². The van der Waals surface area contributed by atoms with Gasteiger partial charge in [0, 0.05) is 22.7 Å². The summed E-state index contributed by atoms with van der Waals surface area (Å²) >= 11 is 1.20. The van der Waals surface area contributed by atoms with E-state index >= 15 is 0 Å². The van der Waals surface area contributed by atoms with Gasteiger partial charge in [-0.1, -0.05) is 30.3 Å². The number of hydrogen-bond donors (Lipinski definition) is 0. The van der Waals surface area contributed by atoms with Crippen LogP contribution in [0.3, 0.4) is 0 Å². The molecule has 0 aliphatic heterocycles. The van der Waals surface area contributed by atoms with Crippen LogP contribution in [0.1, 0.15) is 22.4 Å². The summed E-state index contributed by atoms with van der Waals surface area (Å²) in [5.74, 6) is -1.92. The van der Waals surface area contributed by atoms with Crippen molar-refractivity contribution in [2.75, 3.05) is 6.61 Å².